The van der Waals surface area contributed by atoms with Crippen LogP contribution in [0.2, 0.25) is 0 Å². The third kappa shape index (κ3) is 4.34. The van der Waals surface area contributed by atoms with Gasteiger partial charge in [0.15, 0.2) is 21.3 Å². The summed E-state index contributed by atoms with van der Waals surface area (Å²) >= 11 is 0.948. The van der Waals surface area contributed by atoms with Crippen LogP contribution < -0.4 is 15.8 Å². The highest BCUT2D eigenvalue weighted by molar-refractivity contribution is 7.21. The minimum Gasteiger partial charge on any atom is -0.338 e. The second-order valence-corrected chi connectivity index (χ2v) is 9.66. The summed E-state index contributed by atoms with van der Waals surface area (Å²) in [6, 6.07) is 8.72. The van der Waals surface area contributed by atoms with Gasteiger partial charge in [-0.3, -0.25) is 14.2 Å². The highest BCUT2D eigenvalue weighted by atomic mass is 32.1. The molecule has 1 N–H and O–H groups in total. The van der Waals surface area contributed by atoms with Gasteiger partial charge in [0.25, 0.3) is 5.56 Å². The van der Waals surface area contributed by atoms with Crippen LogP contribution in [0.1, 0.15) is 43.1 Å². The van der Waals surface area contributed by atoms with Crippen molar-refractivity contribution in [3.63, 3.8) is 0 Å². The van der Waals surface area contributed by atoms with Crippen molar-refractivity contribution >= 4 is 32.6 Å². The summed E-state index contributed by atoms with van der Waals surface area (Å²) in [5.74, 6) is -1.12. The lowest BCUT2D eigenvalue weighted by Crippen LogP contribution is -2.36. The Kier molecular flexibility index (Phi) is 6.15. The van der Waals surface area contributed by atoms with Crippen LogP contribution >= 0.6 is 11.3 Å². The number of rotatable bonds is 6. The summed E-state index contributed by atoms with van der Waals surface area (Å²) in [5.41, 5.74) is 0.230. The molecule has 0 bridgehead atoms. The maximum atomic E-state index is 13.8. The van der Waals surface area contributed by atoms with Gasteiger partial charge in [0.2, 0.25) is 5.82 Å². The van der Waals surface area contributed by atoms with E-state index >= 15 is 0 Å². The zero-order chi connectivity index (χ0) is 23.9. The van der Waals surface area contributed by atoms with Gasteiger partial charge in [-0.05, 0) is 37.8 Å². The standard InChI is InChI=1S/C23H24F3N5O2S/c24-23(25,26)21-29-19-18(20(33)31(21)15-10-11-27-13-15)28-22(34-19)30-12-4-7-16(30)17(32)9-8-14-5-2-1-3-6-14/h1-3,5-6,15-16,27H,4,7-13H2/t15-,16-/m1/s1. The van der Waals surface area contributed by atoms with Crippen LogP contribution in [0, 0.1) is 0 Å². The molecule has 5 rings (SSSR count). The first-order chi connectivity index (χ1) is 16.3. The molecule has 2 atom stereocenters. The zero-order valence-corrected chi connectivity index (χ0v) is 19.2. The largest absolute Gasteiger partial charge is 0.449 e. The number of alkyl halides is 3. The number of nitrogens with one attached hydrogen (secondary N) is 1. The summed E-state index contributed by atoms with van der Waals surface area (Å²) in [7, 11) is 0. The Labute approximate surface area is 197 Å². The van der Waals surface area contributed by atoms with E-state index in [1.54, 1.807) is 0 Å². The number of hydrogen-bond donors (Lipinski definition) is 1. The maximum Gasteiger partial charge on any atom is 0.449 e. The molecule has 7 nitrogen and oxygen atoms in total. The van der Waals surface area contributed by atoms with Gasteiger partial charge in [0, 0.05) is 19.5 Å². The van der Waals surface area contributed by atoms with Crippen LogP contribution in [0.3, 0.4) is 0 Å². The molecule has 2 fully saturated rings. The van der Waals surface area contributed by atoms with Crippen LogP contribution in [0.4, 0.5) is 18.3 Å². The third-order valence-electron chi connectivity index (χ3n) is 6.48. The van der Waals surface area contributed by atoms with Gasteiger partial charge < -0.3 is 10.2 Å². The summed E-state index contributed by atoms with van der Waals surface area (Å²) in [4.78, 5) is 36.2. The minimum absolute atomic E-state index is 0.0445. The molecule has 1 aromatic carbocycles. The lowest BCUT2D eigenvalue weighted by atomic mass is 10.0. The van der Waals surface area contributed by atoms with Crippen molar-refractivity contribution in [1.82, 2.24) is 19.9 Å². The Morgan fingerprint density at radius 3 is 2.68 bits per heavy atom. The quantitative estimate of drug-likeness (QED) is 0.568. The van der Waals surface area contributed by atoms with E-state index < -0.39 is 29.6 Å². The van der Waals surface area contributed by atoms with Gasteiger partial charge in [-0.2, -0.15) is 13.2 Å². The normalized spacial score (nSPS) is 21.0. The minimum atomic E-state index is -4.76. The molecule has 0 amide bonds. The van der Waals surface area contributed by atoms with E-state index in [9.17, 15) is 22.8 Å². The molecule has 2 saturated heterocycles. The van der Waals surface area contributed by atoms with Crippen molar-refractivity contribution in [2.24, 2.45) is 0 Å². The Morgan fingerprint density at radius 1 is 1.18 bits per heavy atom. The van der Waals surface area contributed by atoms with Crippen molar-refractivity contribution in [2.45, 2.75) is 50.4 Å². The fourth-order valence-corrected chi connectivity index (χ4v) is 5.81. The molecule has 4 heterocycles. The van der Waals surface area contributed by atoms with Gasteiger partial charge in [-0.15, -0.1) is 0 Å². The van der Waals surface area contributed by atoms with Crippen molar-refractivity contribution in [2.75, 3.05) is 24.5 Å². The smallest absolute Gasteiger partial charge is 0.338 e. The van der Waals surface area contributed by atoms with Crippen LogP contribution in [-0.2, 0) is 17.4 Å². The van der Waals surface area contributed by atoms with E-state index in [0.29, 0.717) is 43.9 Å². The number of benzene rings is 1. The number of Topliss-reactive ketones (excluding diaryl/α,β-unsaturated/α-hetero) is 1. The molecule has 0 unspecified atom stereocenters. The number of anilines is 1. The van der Waals surface area contributed by atoms with E-state index in [4.69, 9.17) is 0 Å². The van der Waals surface area contributed by atoms with E-state index in [1.165, 1.54) is 0 Å². The number of nitrogens with zero attached hydrogens (tertiary/aromatic N) is 4. The predicted molar refractivity (Wildman–Crippen MR) is 123 cm³/mol. The number of carbonyl (C=O) groups is 1. The molecule has 2 aromatic heterocycles. The lowest BCUT2D eigenvalue weighted by Gasteiger charge is -2.22. The van der Waals surface area contributed by atoms with Crippen molar-refractivity contribution in [3.05, 3.63) is 52.1 Å². The number of carbonyl (C=O) groups excluding carboxylic acids is 1. The number of fused-ring (bicyclic) bond motifs is 1. The van der Waals surface area contributed by atoms with E-state index in [2.05, 4.69) is 15.3 Å². The van der Waals surface area contributed by atoms with Gasteiger partial charge in [-0.25, -0.2) is 9.97 Å². The first kappa shape index (κ1) is 23.0. The highest BCUT2D eigenvalue weighted by Crippen LogP contribution is 2.35. The molecular formula is C23H24F3N5O2S. The predicted octanol–water partition coefficient (Wildman–Crippen LogP) is 3.58. The average molecular weight is 492 g/mol. The Morgan fingerprint density at radius 2 is 1.97 bits per heavy atom. The fourth-order valence-electron chi connectivity index (χ4n) is 4.81. The molecule has 3 aromatic rings. The molecular weight excluding hydrogens is 467 g/mol. The molecule has 11 heteroatoms. The SMILES string of the molecule is O=C(CCc1ccccc1)[C@H]1CCCN1c1nc2c(=O)n([C@@H]3CCNC3)c(C(F)(F)F)nc2s1. The maximum absolute atomic E-state index is 13.8. The van der Waals surface area contributed by atoms with Gasteiger partial charge in [0.05, 0.1) is 12.1 Å². The van der Waals surface area contributed by atoms with E-state index in [-0.39, 0.29) is 22.7 Å². The number of ketones is 1. The van der Waals surface area contributed by atoms with Crippen molar-refractivity contribution in [3.8, 4) is 0 Å². The second kappa shape index (κ2) is 9.10. The Hall–Kier alpha value is -2.79. The van der Waals surface area contributed by atoms with Crippen LogP contribution in [0.5, 0.6) is 0 Å². The van der Waals surface area contributed by atoms with Crippen molar-refractivity contribution in [1.29, 1.82) is 0 Å². The number of aromatic nitrogens is 3. The van der Waals surface area contributed by atoms with E-state index in [1.807, 2.05) is 35.2 Å². The van der Waals surface area contributed by atoms with Gasteiger partial charge in [0.1, 0.15) is 0 Å². The summed E-state index contributed by atoms with van der Waals surface area (Å²) in [5, 5.41) is 3.38. The Bertz CT molecular complexity index is 1250. The van der Waals surface area contributed by atoms with E-state index in [0.717, 1.165) is 27.9 Å². The van der Waals surface area contributed by atoms with Crippen LogP contribution in [0.25, 0.3) is 10.3 Å². The third-order valence-corrected chi connectivity index (χ3v) is 7.47. The molecule has 0 spiro atoms. The van der Waals surface area contributed by atoms with Crippen LogP contribution in [0.15, 0.2) is 35.1 Å². The zero-order valence-electron chi connectivity index (χ0n) is 18.3. The molecule has 0 radical (unpaired) electrons. The van der Waals surface area contributed by atoms with Crippen LogP contribution in [-0.4, -0.2) is 46.0 Å². The fraction of sp³-hybridized carbons (Fsp3) is 0.478. The van der Waals surface area contributed by atoms with Gasteiger partial charge in [-0.1, -0.05) is 41.7 Å². The molecule has 34 heavy (non-hydrogen) atoms. The molecule has 2 aliphatic rings. The summed E-state index contributed by atoms with van der Waals surface area (Å²) in [6.45, 7) is 1.38. The number of hydrogen-bond acceptors (Lipinski definition) is 7. The number of halogens is 3. The second-order valence-electron chi connectivity index (χ2n) is 8.71. The molecule has 180 valence electrons. The molecule has 0 aliphatic carbocycles. The summed E-state index contributed by atoms with van der Waals surface area (Å²) < 4.78 is 42.1. The van der Waals surface area contributed by atoms with Crippen molar-refractivity contribution < 1.29 is 18.0 Å². The topological polar surface area (TPSA) is 80.1 Å². The number of aryl methyl sites for hydroxylation is 1. The Balaban J connectivity index is 1.46. The lowest BCUT2D eigenvalue weighted by molar-refractivity contribution is -0.148. The highest BCUT2D eigenvalue weighted by Gasteiger charge is 2.41. The first-order valence-corrected chi connectivity index (χ1v) is 12.2. The number of thiazole rings is 1. The monoisotopic (exact) mass is 491 g/mol. The molecule has 2 aliphatic heterocycles. The summed E-state index contributed by atoms with van der Waals surface area (Å²) in [6.07, 6.45) is -1.92. The first-order valence-electron chi connectivity index (χ1n) is 11.4. The average Bonchev–Trinajstić information content (AvgIpc) is 3.57. The van der Waals surface area contributed by atoms with Gasteiger partial charge >= 0.3 is 6.18 Å². The molecule has 0 saturated carbocycles.